The van der Waals surface area contributed by atoms with Crippen LogP contribution in [0.25, 0.3) is 0 Å². The van der Waals surface area contributed by atoms with Crippen molar-refractivity contribution >= 4 is 5.91 Å². The predicted octanol–water partition coefficient (Wildman–Crippen LogP) is 2.20. The minimum Gasteiger partial charge on any atom is -0.353 e. The number of hydrogen-bond donors (Lipinski definition) is 2. The van der Waals surface area contributed by atoms with Crippen molar-refractivity contribution in [3.8, 4) is 0 Å². The lowest BCUT2D eigenvalue weighted by atomic mass is 9.83. The van der Waals surface area contributed by atoms with Crippen LogP contribution < -0.4 is 11.1 Å². The number of nitrogens with two attached hydrogens (primary N) is 1. The van der Waals surface area contributed by atoms with Crippen molar-refractivity contribution in [2.75, 3.05) is 6.54 Å². The average molecular weight is 238 g/mol. The number of nitrogens with one attached hydrogen (secondary N) is 1. The van der Waals surface area contributed by atoms with Crippen molar-refractivity contribution in [1.82, 2.24) is 5.32 Å². The molecule has 3 nitrogen and oxygen atoms in total. The first-order chi connectivity index (χ1) is 8.20. The highest BCUT2D eigenvalue weighted by atomic mass is 16.2. The molecule has 0 unspecified atom stereocenters. The Bertz CT molecular complexity index is 265. The molecule has 3 heteroatoms. The molecule has 2 fully saturated rings. The van der Waals surface area contributed by atoms with Gasteiger partial charge in [0.1, 0.15) is 0 Å². The highest BCUT2D eigenvalue weighted by Crippen LogP contribution is 2.45. The maximum Gasteiger partial charge on any atom is 0.227 e. The molecular formula is C14H26N2O. The molecule has 0 radical (unpaired) electrons. The van der Waals surface area contributed by atoms with Gasteiger partial charge in [-0.15, -0.1) is 0 Å². The van der Waals surface area contributed by atoms with Crippen LogP contribution in [-0.4, -0.2) is 18.5 Å². The zero-order valence-corrected chi connectivity index (χ0v) is 11.0. The molecule has 2 aliphatic rings. The molecule has 17 heavy (non-hydrogen) atoms. The Labute approximate surface area is 105 Å². The summed E-state index contributed by atoms with van der Waals surface area (Å²) in [5, 5.41) is 3.22. The summed E-state index contributed by atoms with van der Waals surface area (Å²) in [6.45, 7) is 2.77. The third kappa shape index (κ3) is 3.01. The number of hydrogen-bond acceptors (Lipinski definition) is 2. The van der Waals surface area contributed by atoms with Crippen LogP contribution in [0.1, 0.15) is 58.3 Å². The van der Waals surface area contributed by atoms with Gasteiger partial charge >= 0.3 is 0 Å². The lowest BCUT2D eigenvalue weighted by Crippen LogP contribution is -2.43. The van der Waals surface area contributed by atoms with E-state index < -0.39 is 0 Å². The Balaban J connectivity index is 1.73. The fourth-order valence-corrected chi connectivity index (χ4v) is 3.02. The minimum atomic E-state index is -0.180. The fraction of sp³-hybridized carbons (Fsp3) is 0.929. The molecule has 0 spiro atoms. The Hall–Kier alpha value is -0.570. The summed E-state index contributed by atoms with van der Waals surface area (Å²) in [5.74, 6) is 1.12. The summed E-state index contributed by atoms with van der Waals surface area (Å²) in [5.41, 5.74) is 5.50. The molecule has 0 aromatic rings. The van der Waals surface area contributed by atoms with E-state index in [4.69, 9.17) is 5.73 Å². The van der Waals surface area contributed by atoms with Crippen molar-refractivity contribution in [3.05, 3.63) is 0 Å². The second-order valence-corrected chi connectivity index (χ2v) is 5.96. The van der Waals surface area contributed by atoms with Crippen molar-refractivity contribution in [2.24, 2.45) is 17.1 Å². The van der Waals surface area contributed by atoms with Gasteiger partial charge in [0, 0.05) is 12.6 Å². The van der Waals surface area contributed by atoms with Gasteiger partial charge in [0.05, 0.1) is 5.41 Å². The monoisotopic (exact) mass is 238 g/mol. The molecule has 0 saturated heterocycles. The molecular weight excluding hydrogens is 212 g/mol. The Kier molecular flexibility index (Phi) is 4.08. The Morgan fingerprint density at radius 3 is 2.41 bits per heavy atom. The Morgan fingerprint density at radius 1 is 1.29 bits per heavy atom. The molecule has 2 saturated carbocycles. The van der Waals surface area contributed by atoms with Gasteiger partial charge in [-0.05, 0) is 44.4 Å². The molecule has 1 amide bonds. The molecule has 0 bridgehead atoms. The maximum atomic E-state index is 12.0. The van der Waals surface area contributed by atoms with Gasteiger partial charge < -0.3 is 11.1 Å². The van der Waals surface area contributed by atoms with E-state index in [2.05, 4.69) is 12.2 Å². The van der Waals surface area contributed by atoms with E-state index >= 15 is 0 Å². The van der Waals surface area contributed by atoms with Gasteiger partial charge in [0.25, 0.3) is 0 Å². The predicted molar refractivity (Wildman–Crippen MR) is 69.5 cm³/mol. The maximum absolute atomic E-state index is 12.0. The topological polar surface area (TPSA) is 55.1 Å². The molecule has 2 aliphatic carbocycles. The van der Waals surface area contributed by atoms with E-state index in [1.807, 2.05) is 0 Å². The van der Waals surface area contributed by atoms with Crippen molar-refractivity contribution < 1.29 is 4.79 Å². The summed E-state index contributed by atoms with van der Waals surface area (Å²) in [7, 11) is 0. The molecule has 0 aromatic heterocycles. The van der Waals surface area contributed by atoms with Crippen LogP contribution in [0.4, 0.5) is 0 Å². The second-order valence-electron chi connectivity index (χ2n) is 5.96. The third-order valence-corrected chi connectivity index (χ3v) is 4.60. The normalized spacial score (nSPS) is 30.9. The van der Waals surface area contributed by atoms with E-state index in [0.29, 0.717) is 12.6 Å². The number of carbonyl (C=O) groups is 1. The summed E-state index contributed by atoms with van der Waals surface area (Å²) < 4.78 is 0. The highest BCUT2D eigenvalue weighted by Gasteiger charge is 2.48. The molecule has 0 heterocycles. The van der Waals surface area contributed by atoms with Crippen LogP contribution in [0.2, 0.25) is 0 Å². The molecule has 0 aromatic carbocycles. The molecule has 3 N–H and O–H groups in total. The van der Waals surface area contributed by atoms with Crippen LogP contribution in [0.15, 0.2) is 0 Å². The lowest BCUT2D eigenvalue weighted by Gasteiger charge is -2.30. The minimum absolute atomic E-state index is 0.180. The quantitative estimate of drug-likeness (QED) is 0.771. The highest BCUT2D eigenvalue weighted by molar-refractivity contribution is 5.85. The zero-order chi connectivity index (χ0) is 12.3. The zero-order valence-electron chi connectivity index (χ0n) is 11.0. The Morgan fingerprint density at radius 2 is 1.94 bits per heavy atom. The van der Waals surface area contributed by atoms with Crippen molar-refractivity contribution in [1.29, 1.82) is 0 Å². The van der Waals surface area contributed by atoms with Crippen molar-refractivity contribution in [2.45, 2.75) is 64.3 Å². The first-order valence-electron chi connectivity index (χ1n) is 7.21. The van der Waals surface area contributed by atoms with Crippen LogP contribution in [-0.2, 0) is 4.79 Å². The van der Waals surface area contributed by atoms with E-state index in [1.54, 1.807) is 0 Å². The third-order valence-electron chi connectivity index (χ3n) is 4.60. The van der Waals surface area contributed by atoms with Gasteiger partial charge in [-0.3, -0.25) is 4.79 Å². The summed E-state index contributed by atoms with van der Waals surface area (Å²) in [6, 6.07) is 0.416. The lowest BCUT2D eigenvalue weighted by molar-refractivity contribution is -0.127. The van der Waals surface area contributed by atoms with E-state index in [-0.39, 0.29) is 11.3 Å². The van der Waals surface area contributed by atoms with Crippen LogP contribution >= 0.6 is 0 Å². The second kappa shape index (κ2) is 5.38. The van der Waals surface area contributed by atoms with E-state index in [1.165, 1.54) is 25.7 Å². The number of rotatable bonds is 5. The van der Waals surface area contributed by atoms with Gasteiger partial charge in [-0.2, -0.15) is 0 Å². The van der Waals surface area contributed by atoms with E-state index in [9.17, 15) is 4.79 Å². The molecule has 0 aliphatic heterocycles. The number of amides is 1. The summed E-state index contributed by atoms with van der Waals surface area (Å²) in [6.07, 6.45) is 9.52. The standard InChI is InChI=1S/C14H26N2O/c1-2-3-11-4-6-12(7-5-11)16-13(17)14(10-15)8-9-14/h11-12H,2-10,15H2,1H3,(H,16,17). The summed E-state index contributed by atoms with van der Waals surface area (Å²) >= 11 is 0. The van der Waals surface area contributed by atoms with Gasteiger partial charge in [-0.1, -0.05) is 19.8 Å². The van der Waals surface area contributed by atoms with Crippen LogP contribution in [0.3, 0.4) is 0 Å². The van der Waals surface area contributed by atoms with Crippen molar-refractivity contribution in [3.63, 3.8) is 0 Å². The largest absolute Gasteiger partial charge is 0.353 e. The first kappa shape index (κ1) is 12.9. The van der Waals surface area contributed by atoms with Crippen LogP contribution in [0, 0.1) is 11.3 Å². The van der Waals surface area contributed by atoms with Crippen LogP contribution in [0.5, 0.6) is 0 Å². The summed E-state index contributed by atoms with van der Waals surface area (Å²) in [4.78, 5) is 12.0. The van der Waals surface area contributed by atoms with Gasteiger partial charge in [-0.25, -0.2) is 0 Å². The SMILES string of the molecule is CCCC1CCC(NC(=O)C2(CN)CC2)CC1. The van der Waals surface area contributed by atoms with Gasteiger partial charge in [0.2, 0.25) is 5.91 Å². The molecule has 0 atom stereocenters. The average Bonchev–Trinajstić information content (AvgIpc) is 3.13. The first-order valence-corrected chi connectivity index (χ1v) is 7.21. The smallest absolute Gasteiger partial charge is 0.227 e. The molecule has 98 valence electrons. The molecule has 2 rings (SSSR count). The van der Waals surface area contributed by atoms with Gasteiger partial charge in [0.15, 0.2) is 0 Å². The number of carbonyl (C=O) groups excluding carboxylic acids is 1. The fourth-order valence-electron chi connectivity index (χ4n) is 3.02. The van der Waals surface area contributed by atoms with E-state index in [0.717, 1.165) is 31.6 Å².